The molecule has 1 saturated carbocycles. The largest absolute Gasteiger partial charge is 0.474 e. The topological polar surface area (TPSA) is 144 Å². The number of hydrogen-bond acceptors (Lipinski definition) is 8. The second kappa shape index (κ2) is 12.0. The number of pyridine rings is 2. The van der Waals surface area contributed by atoms with Crippen LogP contribution >= 0.6 is 0 Å². The first-order valence-corrected chi connectivity index (χ1v) is 14.9. The van der Waals surface area contributed by atoms with Crippen LogP contribution in [0, 0.1) is 18.7 Å². The van der Waals surface area contributed by atoms with Gasteiger partial charge >= 0.3 is 18.2 Å². The van der Waals surface area contributed by atoms with Crippen LogP contribution in [-0.4, -0.2) is 59.1 Å². The molecule has 1 aliphatic carbocycles. The van der Waals surface area contributed by atoms with Gasteiger partial charge in [-0.3, -0.25) is 15.5 Å². The molecule has 2 aliphatic rings. The predicted octanol–water partition coefficient (Wildman–Crippen LogP) is 6.76. The fourth-order valence-electron chi connectivity index (χ4n) is 4.89. The smallest absolute Gasteiger partial charge is 0.415 e. The maximum atomic E-state index is 16.5. The summed E-state index contributed by atoms with van der Waals surface area (Å²) in [6.07, 6.45) is 3.58. The van der Waals surface area contributed by atoms with Crippen molar-refractivity contribution < 1.29 is 33.0 Å². The molecule has 1 aromatic carbocycles. The third-order valence-electron chi connectivity index (χ3n) is 7.08. The minimum absolute atomic E-state index is 0.0893. The molecular weight excluding hydrogens is 583 g/mol. The van der Waals surface area contributed by atoms with Gasteiger partial charge in [-0.15, -0.1) is 0 Å². The summed E-state index contributed by atoms with van der Waals surface area (Å²) < 4.78 is 33.3. The van der Waals surface area contributed by atoms with E-state index in [1.54, 1.807) is 60.6 Å². The SMILES string of the molecule is Cc1c(-c2cc3cc(NC(=O)NCC4CC4)ncc3c(NC(=O)OC(C)(C)C)c2F)cnc2c1N(C(=O)OC(C)(C)C)CCO2. The van der Waals surface area contributed by atoms with Crippen LogP contribution < -0.4 is 25.6 Å². The molecular formula is C32H39FN6O6. The summed E-state index contributed by atoms with van der Waals surface area (Å²) in [6.45, 7) is 13.1. The molecule has 3 N–H and O–H groups in total. The van der Waals surface area contributed by atoms with Crippen LogP contribution in [0.3, 0.4) is 0 Å². The maximum absolute atomic E-state index is 16.5. The van der Waals surface area contributed by atoms with Crippen molar-refractivity contribution in [2.45, 2.75) is 72.5 Å². The van der Waals surface area contributed by atoms with E-state index in [-0.39, 0.29) is 41.5 Å². The summed E-state index contributed by atoms with van der Waals surface area (Å²) in [5.41, 5.74) is -0.417. The molecule has 0 atom stereocenters. The number of aromatic nitrogens is 2. The van der Waals surface area contributed by atoms with Crippen molar-refractivity contribution in [3.05, 3.63) is 35.9 Å². The van der Waals surface area contributed by atoms with Crippen LogP contribution in [0.5, 0.6) is 5.88 Å². The third kappa shape index (κ3) is 7.52. The standard InChI is InChI=1S/C32H39FN6O6/c1-17-21(15-35-27-26(17)39(10-11-43-27)30(42)45-32(5,6)7)20-12-19-13-23(37-28(40)36-14-18-8-9-18)34-16-22(19)25(24(20)33)38-29(41)44-31(2,3)4/h12-13,15-16,18H,8-11,14H2,1-7H3,(H,38,41)(H2,34,36,37,40). The van der Waals surface area contributed by atoms with Gasteiger partial charge in [0.15, 0.2) is 5.82 Å². The summed E-state index contributed by atoms with van der Waals surface area (Å²) in [5, 5.41) is 8.85. The first kappa shape index (κ1) is 31.7. The Labute approximate surface area is 261 Å². The van der Waals surface area contributed by atoms with E-state index in [9.17, 15) is 14.4 Å². The number of carbonyl (C=O) groups is 3. The number of fused-ring (bicyclic) bond motifs is 2. The van der Waals surface area contributed by atoms with Gasteiger partial charge in [0.2, 0.25) is 5.88 Å². The van der Waals surface area contributed by atoms with Gasteiger partial charge in [-0.2, -0.15) is 0 Å². The van der Waals surface area contributed by atoms with Crippen molar-refractivity contribution in [2.24, 2.45) is 5.92 Å². The second-order valence-corrected chi connectivity index (χ2v) is 13.2. The average Bonchev–Trinajstić information content (AvgIpc) is 3.76. The van der Waals surface area contributed by atoms with Crippen LogP contribution in [-0.2, 0) is 9.47 Å². The predicted molar refractivity (Wildman–Crippen MR) is 168 cm³/mol. The lowest BCUT2D eigenvalue weighted by Gasteiger charge is -2.32. The molecule has 3 aromatic rings. The lowest BCUT2D eigenvalue weighted by Crippen LogP contribution is -2.42. The molecule has 1 aliphatic heterocycles. The van der Waals surface area contributed by atoms with Crippen molar-refractivity contribution in [1.29, 1.82) is 0 Å². The number of anilines is 3. The number of urea groups is 1. The molecule has 45 heavy (non-hydrogen) atoms. The summed E-state index contributed by atoms with van der Waals surface area (Å²) >= 11 is 0. The maximum Gasteiger partial charge on any atom is 0.415 e. The molecule has 0 spiro atoms. The molecule has 1 fully saturated rings. The molecule has 0 unspecified atom stereocenters. The van der Waals surface area contributed by atoms with Gasteiger partial charge in [-0.1, -0.05) is 0 Å². The Morgan fingerprint density at radius 1 is 1.00 bits per heavy atom. The van der Waals surface area contributed by atoms with Gasteiger partial charge in [0.1, 0.15) is 29.3 Å². The van der Waals surface area contributed by atoms with E-state index in [0.717, 1.165) is 12.8 Å². The van der Waals surface area contributed by atoms with Gasteiger partial charge in [0, 0.05) is 35.5 Å². The first-order valence-electron chi connectivity index (χ1n) is 14.9. The highest BCUT2D eigenvalue weighted by Gasteiger charge is 2.32. The third-order valence-corrected chi connectivity index (χ3v) is 7.08. The molecule has 0 radical (unpaired) electrons. The van der Waals surface area contributed by atoms with Crippen molar-refractivity contribution in [1.82, 2.24) is 15.3 Å². The van der Waals surface area contributed by atoms with Gasteiger partial charge < -0.3 is 19.5 Å². The minimum Gasteiger partial charge on any atom is -0.474 e. The van der Waals surface area contributed by atoms with Crippen LogP contribution in [0.2, 0.25) is 0 Å². The van der Waals surface area contributed by atoms with Gasteiger partial charge in [-0.25, -0.2) is 28.7 Å². The van der Waals surface area contributed by atoms with E-state index >= 15 is 4.39 Å². The summed E-state index contributed by atoms with van der Waals surface area (Å²) in [4.78, 5) is 48.6. The zero-order valence-corrected chi connectivity index (χ0v) is 26.6. The monoisotopic (exact) mass is 622 g/mol. The number of nitrogens with zero attached hydrogens (tertiary/aromatic N) is 3. The number of halogens is 1. The molecule has 4 amide bonds. The van der Waals surface area contributed by atoms with Crippen molar-refractivity contribution in [3.63, 3.8) is 0 Å². The highest BCUT2D eigenvalue weighted by Crippen LogP contribution is 2.42. The Balaban J connectivity index is 1.60. The zero-order valence-electron chi connectivity index (χ0n) is 26.6. The van der Waals surface area contributed by atoms with E-state index in [4.69, 9.17) is 14.2 Å². The number of carbonyl (C=O) groups excluding carboxylic acids is 3. The molecule has 12 nitrogen and oxygen atoms in total. The minimum atomic E-state index is -0.855. The number of nitrogens with one attached hydrogen (secondary N) is 3. The lowest BCUT2D eigenvalue weighted by atomic mass is 9.96. The summed E-state index contributed by atoms with van der Waals surface area (Å²) in [6, 6.07) is 2.77. The number of ether oxygens (including phenoxy) is 3. The Morgan fingerprint density at radius 3 is 2.38 bits per heavy atom. The Kier molecular flexibility index (Phi) is 8.47. The van der Waals surface area contributed by atoms with Crippen LogP contribution in [0.1, 0.15) is 59.9 Å². The molecule has 240 valence electrons. The van der Waals surface area contributed by atoms with Gasteiger partial charge in [0.25, 0.3) is 0 Å². The first-order chi connectivity index (χ1) is 21.1. The Bertz CT molecular complexity index is 1660. The average molecular weight is 623 g/mol. The van der Waals surface area contributed by atoms with E-state index in [0.29, 0.717) is 34.7 Å². The molecule has 0 bridgehead atoms. The van der Waals surface area contributed by atoms with E-state index in [1.165, 1.54) is 17.3 Å². The van der Waals surface area contributed by atoms with Gasteiger partial charge in [-0.05, 0) is 90.3 Å². The normalized spacial score (nSPS) is 14.7. The van der Waals surface area contributed by atoms with Crippen LogP contribution in [0.15, 0.2) is 24.5 Å². The van der Waals surface area contributed by atoms with Crippen molar-refractivity contribution in [2.75, 3.05) is 35.2 Å². The van der Waals surface area contributed by atoms with E-state index in [1.807, 2.05) is 0 Å². The Hall–Kier alpha value is -4.68. The molecule has 3 heterocycles. The van der Waals surface area contributed by atoms with Crippen LogP contribution in [0.25, 0.3) is 21.9 Å². The fraction of sp³-hybridized carbons (Fsp3) is 0.469. The quantitative estimate of drug-likeness (QED) is 0.283. The number of amides is 4. The fourth-order valence-corrected chi connectivity index (χ4v) is 4.89. The zero-order chi connectivity index (χ0) is 32.7. The number of benzene rings is 1. The Morgan fingerprint density at radius 2 is 1.71 bits per heavy atom. The van der Waals surface area contributed by atoms with E-state index < -0.39 is 35.2 Å². The number of hydrogen-bond donors (Lipinski definition) is 3. The summed E-state index contributed by atoms with van der Waals surface area (Å²) in [5.74, 6) is 0.191. The molecule has 2 aromatic heterocycles. The van der Waals surface area contributed by atoms with Crippen molar-refractivity contribution in [3.8, 4) is 17.0 Å². The molecule has 0 saturated heterocycles. The highest BCUT2D eigenvalue weighted by atomic mass is 19.1. The number of rotatable bonds is 5. The van der Waals surface area contributed by atoms with E-state index in [2.05, 4.69) is 25.9 Å². The van der Waals surface area contributed by atoms with Crippen molar-refractivity contribution >= 4 is 46.2 Å². The van der Waals surface area contributed by atoms with Crippen LogP contribution in [0.4, 0.5) is 36.0 Å². The highest BCUT2D eigenvalue weighted by molar-refractivity contribution is 6.05. The van der Waals surface area contributed by atoms with Gasteiger partial charge in [0.05, 0.1) is 12.2 Å². The molecule has 5 rings (SSSR count). The second-order valence-electron chi connectivity index (χ2n) is 13.2. The molecule has 13 heteroatoms. The summed E-state index contributed by atoms with van der Waals surface area (Å²) in [7, 11) is 0. The lowest BCUT2D eigenvalue weighted by molar-refractivity contribution is 0.0565.